The highest BCUT2D eigenvalue weighted by molar-refractivity contribution is 6.07. The number of rotatable bonds is 10. The molecule has 0 atom stereocenters. The van der Waals surface area contributed by atoms with Gasteiger partial charge in [0.1, 0.15) is 12.2 Å². The molecule has 4 amide bonds. The lowest BCUT2D eigenvalue weighted by molar-refractivity contribution is -0.141. The number of amides is 4. The van der Waals surface area contributed by atoms with Gasteiger partial charge >= 0.3 is 5.97 Å². The van der Waals surface area contributed by atoms with Gasteiger partial charge in [0.15, 0.2) is 0 Å². The van der Waals surface area contributed by atoms with Gasteiger partial charge in [0.2, 0.25) is 11.8 Å². The van der Waals surface area contributed by atoms with Gasteiger partial charge in [-0.1, -0.05) is 18.2 Å². The van der Waals surface area contributed by atoms with Gasteiger partial charge in [0.25, 0.3) is 11.8 Å². The van der Waals surface area contributed by atoms with Crippen molar-refractivity contribution < 1.29 is 28.7 Å². The molecule has 38 heavy (non-hydrogen) atoms. The molecule has 0 saturated carbocycles. The fraction of sp³-hybridized carbons (Fsp3) is 0.192. The van der Waals surface area contributed by atoms with Crippen LogP contribution in [0, 0.1) is 0 Å². The van der Waals surface area contributed by atoms with Crippen molar-refractivity contribution in [3.8, 4) is 0 Å². The molecular formula is C26H28N6O6. The van der Waals surface area contributed by atoms with Crippen LogP contribution in [0.25, 0.3) is 0 Å². The fourth-order valence-electron chi connectivity index (χ4n) is 3.43. The number of methoxy groups -OCH3 is 1. The van der Waals surface area contributed by atoms with Crippen LogP contribution < -0.4 is 27.0 Å². The van der Waals surface area contributed by atoms with E-state index in [-0.39, 0.29) is 25.4 Å². The highest BCUT2D eigenvalue weighted by Crippen LogP contribution is 2.18. The average Bonchev–Trinajstić information content (AvgIpc) is 3.26. The Morgan fingerprint density at radius 2 is 1.55 bits per heavy atom. The lowest BCUT2D eigenvalue weighted by Gasteiger charge is -2.09. The van der Waals surface area contributed by atoms with E-state index in [1.165, 1.54) is 7.11 Å². The van der Waals surface area contributed by atoms with E-state index in [4.69, 9.17) is 5.73 Å². The Balaban J connectivity index is 1.55. The zero-order valence-corrected chi connectivity index (χ0v) is 20.9. The van der Waals surface area contributed by atoms with Crippen molar-refractivity contribution in [1.29, 1.82) is 0 Å². The second-order valence-electron chi connectivity index (χ2n) is 8.27. The minimum Gasteiger partial charge on any atom is -0.468 e. The van der Waals surface area contributed by atoms with E-state index >= 15 is 0 Å². The third-order valence-electron chi connectivity index (χ3n) is 5.30. The third kappa shape index (κ3) is 7.95. The number of aryl methyl sites for hydroxylation is 1. The highest BCUT2D eigenvalue weighted by Gasteiger charge is 2.15. The summed E-state index contributed by atoms with van der Waals surface area (Å²) < 4.78 is 6.00. The van der Waals surface area contributed by atoms with E-state index < -0.39 is 23.7 Å². The molecule has 0 saturated heterocycles. The van der Waals surface area contributed by atoms with Crippen molar-refractivity contribution in [1.82, 2.24) is 15.2 Å². The number of hydrogen-bond acceptors (Lipinski definition) is 7. The van der Waals surface area contributed by atoms with E-state index in [9.17, 15) is 24.0 Å². The molecule has 0 fully saturated rings. The largest absolute Gasteiger partial charge is 0.468 e. The highest BCUT2D eigenvalue weighted by atomic mass is 16.5. The summed E-state index contributed by atoms with van der Waals surface area (Å²) in [6.45, 7) is -0.583. The van der Waals surface area contributed by atoms with Gasteiger partial charge in [-0.25, -0.2) is 0 Å². The van der Waals surface area contributed by atoms with E-state index in [0.29, 0.717) is 33.9 Å². The number of carbonyl (C=O) groups is 5. The smallest absolute Gasteiger partial charge is 0.325 e. The molecule has 3 aromatic rings. The minimum atomic E-state index is -0.599. The first kappa shape index (κ1) is 27.5. The maximum Gasteiger partial charge on any atom is 0.325 e. The van der Waals surface area contributed by atoms with Crippen LogP contribution in [0.1, 0.15) is 26.4 Å². The number of anilines is 3. The van der Waals surface area contributed by atoms with Crippen LogP contribution in [0.2, 0.25) is 0 Å². The van der Waals surface area contributed by atoms with Crippen molar-refractivity contribution in [3.63, 3.8) is 0 Å². The zero-order valence-electron chi connectivity index (χ0n) is 20.9. The Hall–Kier alpha value is -5.13. The number of benzene rings is 2. The molecule has 1 heterocycles. The van der Waals surface area contributed by atoms with Gasteiger partial charge in [-0.2, -0.15) is 0 Å². The van der Waals surface area contributed by atoms with Crippen molar-refractivity contribution in [2.75, 3.05) is 36.6 Å². The number of aromatic nitrogens is 1. The molecule has 0 aliphatic heterocycles. The minimum absolute atomic E-state index is 0.0294. The average molecular weight is 521 g/mol. The van der Waals surface area contributed by atoms with E-state index in [1.807, 2.05) is 0 Å². The molecule has 12 heteroatoms. The third-order valence-corrected chi connectivity index (χ3v) is 5.30. The first-order valence-corrected chi connectivity index (χ1v) is 11.5. The first-order valence-electron chi connectivity index (χ1n) is 11.5. The molecule has 1 aromatic heterocycles. The number of nitrogens with zero attached hydrogens (tertiary/aromatic N) is 1. The van der Waals surface area contributed by atoms with E-state index in [2.05, 4.69) is 26.0 Å². The van der Waals surface area contributed by atoms with Gasteiger partial charge in [-0.15, -0.1) is 0 Å². The Kier molecular flexibility index (Phi) is 9.19. The zero-order chi connectivity index (χ0) is 27.7. The van der Waals surface area contributed by atoms with Gasteiger partial charge < -0.3 is 36.3 Å². The molecule has 12 nitrogen and oxygen atoms in total. The molecule has 3 rings (SSSR count). The molecule has 0 aliphatic carbocycles. The van der Waals surface area contributed by atoms with E-state index in [1.54, 1.807) is 72.4 Å². The molecular weight excluding hydrogens is 492 g/mol. The van der Waals surface area contributed by atoms with Crippen LogP contribution in [0.15, 0.2) is 60.8 Å². The quantitative estimate of drug-likeness (QED) is 0.196. The van der Waals surface area contributed by atoms with Crippen molar-refractivity contribution in [2.24, 2.45) is 7.05 Å². The van der Waals surface area contributed by atoms with Crippen LogP contribution in [0.5, 0.6) is 0 Å². The van der Waals surface area contributed by atoms with Crippen molar-refractivity contribution in [2.45, 2.75) is 6.42 Å². The number of carbonyl (C=O) groups excluding carboxylic acids is 5. The number of esters is 1. The van der Waals surface area contributed by atoms with E-state index in [0.717, 1.165) is 0 Å². The second kappa shape index (κ2) is 12.7. The molecule has 0 aliphatic rings. The van der Waals surface area contributed by atoms with Crippen LogP contribution in [0.3, 0.4) is 0 Å². The van der Waals surface area contributed by atoms with Gasteiger partial charge in [-0.05, 0) is 42.0 Å². The first-order chi connectivity index (χ1) is 18.1. The topological polar surface area (TPSA) is 174 Å². The molecule has 0 unspecified atom stereocenters. The molecule has 2 aromatic carbocycles. The van der Waals surface area contributed by atoms with Crippen LogP contribution in [-0.4, -0.2) is 54.4 Å². The van der Waals surface area contributed by atoms with Gasteiger partial charge in [-0.3, -0.25) is 24.0 Å². The summed E-state index contributed by atoms with van der Waals surface area (Å²) in [5.74, 6) is -2.32. The van der Waals surface area contributed by atoms with Crippen molar-refractivity contribution >= 4 is 46.7 Å². The number of nitrogens with one attached hydrogen (secondary N) is 4. The fourth-order valence-corrected chi connectivity index (χ4v) is 3.43. The predicted octanol–water partition coefficient (Wildman–Crippen LogP) is 1.06. The summed E-state index contributed by atoms with van der Waals surface area (Å²) in [6.07, 6.45) is 1.58. The van der Waals surface area contributed by atoms with Crippen LogP contribution in [0.4, 0.5) is 17.1 Å². The molecule has 198 valence electrons. The Morgan fingerprint density at radius 3 is 2.29 bits per heavy atom. The summed E-state index contributed by atoms with van der Waals surface area (Å²) >= 11 is 0. The molecule has 6 N–H and O–H groups in total. The Morgan fingerprint density at radius 1 is 0.842 bits per heavy atom. The van der Waals surface area contributed by atoms with Gasteiger partial charge in [0, 0.05) is 30.2 Å². The lowest BCUT2D eigenvalue weighted by Crippen LogP contribution is -2.39. The number of ether oxygens (including phenoxy) is 1. The normalized spacial score (nSPS) is 10.3. The summed E-state index contributed by atoms with van der Waals surface area (Å²) in [5, 5.41) is 10.3. The maximum absolute atomic E-state index is 12.9. The van der Waals surface area contributed by atoms with Gasteiger partial charge in [0.05, 0.1) is 25.8 Å². The maximum atomic E-state index is 12.9. The Labute approximate surface area is 218 Å². The van der Waals surface area contributed by atoms with Crippen molar-refractivity contribution in [3.05, 3.63) is 77.6 Å². The second-order valence-corrected chi connectivity index (χ2v) is 8.27. The number of nitrogens with two attached hydrogens (primary N) is 1. The summed E-state index contributed by atoms with van der Waals surface area (Å²) in [4.78, 5) is 60.3. The lowest BCUT2D eigenvalue weighted by atomic mass is 10.1. The molecule has 0 radical (unpaired) electrons. The monoisotopic (exact) mass is 520 g/mol. The molecule has 0 bridgehead atoms. The van der Waals surface area contributed by atoms with Crippen LogP contribution in [-0.2, 0) is 32.6 Å². The standard InChI is InChI=1S/C26H28N6O6/c1-32-15-20(31-25(36)17-6-4-7-18(27)11-17)12-21(32)26(37)30-19-8-3-5-16(9-19)10-22(33)28-13-23(34)29-14-24(35)38-2/h3-9,11-12,15H,10,13-14,27H2,1-2H3,(H,28,33)(H,29,34)(H,30,37)(H,31,36). The number of hydrogen-bond donors (Lipinski definition) is 5. The Bertz CT molecular complexity index is 1370. The van der Waals surface area contributed by atoms with Crippen LogP contribution >= 0.6 is 0 Å². The molecule has 0 spiro atoms. The summed E-state index contributed by atoms with van der Waals surface area (Å²) in [7, 11) is 2.88. The SMILES string of the molecule is COC(=O)CNC(=O)CNC(=O)Cc1cccc(NC(=O)c2cc(NC(=O)c3cccc(N)c3)cn2C)c1. The summed E-state index contributed by atoms with van der Waals surface area (Å²) in [5.41, 5.74) is 8.39. The number of nitrogen functional groups attached to an aromatic ring is 1. The summed E-state index contributed by atoms with van der Waals surface area (Å²) in [6, 6.07) is 14.8. The predicted molar refractivity (Wildman–Crippen MR) is 140 cm³/mol.